The maximum Gasteiger partial charge on any atom is 0.251 e. The first-order valence-corrected chi connectivity index (χ1v) is 19.8. The number of piperidine rings is 1. The second-order valence-electron chi connectivity index (χ2n) is 16.5. The van der Waals surface area contributed by atoms with Gasteiger partial charge >= 0.3 is 0 Å². The average Bonchev–Trinajstić information content (AvgIpc) is 3.46. The Balaban J connectivity index is 0.992. The molecule has 2 aliphatic heterocycles. The highest BCUT2D eigenvalue weighted by molar-refractivity contribution is 7.85. The van der Waals surface area contributed by atoms with Crippen LogP contribution in [0.15, 0.2) is 12.4 Å². The summed E-state index contributed by atoms with van der Waals surface area (Å²) in [6.07, 6.45) is 18.3. The molecule has 2 saturated heterocycles. The molecule has 0 radical (unpaired) electrons. The van der Waals surface area contributed by atoms with Gasteiger partial charge in [-0.2, -0.15) is 0 Å². The van der Waals surface area contributed by atoms with Crippen LogP contribution in [0.2, 0.25) is 0 Å². The Kier molecular flexibility index (Phi) is 8.86. The second-order valence-corrected chi connectivity index (χ2v) is 18.2. The van der Waals surface area contributed by atoms with Crippen molar-refractivity contribution in [2.45, 2.75) is 97.4 Å². The molecule has 7 unspecified atom stereocenters. The molecule has 1 aromatic heterocycles. The van der Waals surface area contributed by atoms with Crippen LogP contribution in [0.4, 0.5) is 5.95 Å². The van der Waals surface area contributed by atoms with Crippen LogP contribution >= 0.6 is 0 Å². The van der Waals surface area contributed by atoms with E-state index in [2.05, 4.69) is 45.9 Å². The second kappa shape index (κ2) is 12.5. The smallest absolute Gasteiger partial charge is 0.251 e. The number of carbonyl (C=O) groups is 1. The minimum absolute atomic E-state index is 0.357. The molecule has 6 fully saturated rings. The van der Waals surface area contributed by atoms with Crippen molar-refractivity contribution < 1.29 is 9.00 Å². The summed E-state index contributed by atoms with van der Waals surface area (Å²) in [5, 5.41) is 3.98. The number of fused-ring (bicyclic) bond motifs is 7. The summed E-state index contributed by atoms with van der Waals surface area (Å²) in [6, 6.07) is 0.393. The van der Waals surface area contributed by atoms with Crippen molar-refractivity contribution in [3.8, 4) is 0 Å². The lowest BCUT2D eigenvalue weighted by Crippen LogP contribution is -2.64. The number of nitrogens with zero attached hydrogens (tertiary/aromatic N) is 4. The third-order valence-corrected chi connectivity index (χ3v) is 16.0. The third-order valence-electron chi connectivity index (χ3n) is 14.8. The molecule has 9 atom stereocenters. The summed E-state index contributed by atoms with van der Waals surface area (Å²) in [5.41, 5.74) is 7.16. The molecule has 3 heterocycles. The number of amides is 1. The molecule has 3 N–H and O–H groups in total. The summed E-state index contributed by atoms with van der Waals surface area (Å²) in [4.78, 5) is 25.6. The Morgan fingerprint density at radius 1 is 0.956 bits per heavy atom. The lowest BCUT2D eigenvalue weighted by Gasteiger charge is -2.68. The van der Waals surface area contributed by atoms with Crippen LogP contribution in [0.1, 0.15) is 102 Å². The van der Waals surface area contributed by atoms with E-state index in [9.17, 15) is 9.00 Å². The van der Waals surface area contributed by atoms with Crippen molar-refractivity contribution in [2.24, 2.45) is 51.6 Å². The standard InChI is InChI=1S/C36H58N6O2S/c1-25-28-9-12-34(2)29-10-13-36(24-38-15-5-16-41-18-20-45(44)21-19-41)11-4-6-30(36)27(29)7-8-31(34)35(28,3)14-17-42(25)33-39-22-26(23-40-33)32(37)43/h22-23,25,27-31,38H,4-21,24H2,1-3H3,(H2,37,43)/t25?,27?,28?,29?,30-,31+,34?,35?,36?/m1/s1. The van der Waals surface area contributed by atoms with Gasteiger partial charge in [-0.25, -0.2) is 9.97 Å². The molecule has 6 aliphatic rings. The van der Waals surface area contributed by atoms with Crippen LogP contribution in [-0.4, -0.2) is 81.8 Å². The minimum Gasteiger partial charge on any atom is -0.366 e. The van der Waals surface area contributed by atoms with E-state index < -0.39 is 16.7 Å². The van der Waals surface area contributed by atoms with Gasteiger partial charge in [0.05, 0.1) is 5.56 Å². The monoisotopic (exact) mass is 638 g/mol. The zero-order valence-corrected chi connectivity index (χ0v) is 29.0. The maximum atomic E-state index is 11.7. The lowest BCUT2D eigenvalue weighted by atomic mass is 9.38. The van der Waals surface area contributed by atoms with E-state index in [1.165, 1.54) is 77.2 Å². The number of rotatable bonds is 8. The summed E-state index contributed by atoms with van der Waals surface area (Å²) < 4.78 is 11.7. The van der Waals surface area contributed by atoms with Gasteiger partial charge < -0.3 is 20.9 Å². The fourth-order valence-corrected chi connectivity index (χ4v) is 13.7. The van der Waals surface area contributed by atoms with Gasteiger partial charge in [-0.05, 0) is 130 Å². The Labute approximate surface area is 273 Å². The van der Waals surface area contributed by atoms with Crippen molar-refractivity contribution in [1.29, 1.82) is 0 Å². The zero-order chi connectivity index (χ0) is 31.4. The summed E-state index contributed by atoms with van der Waals surface area (Å²) in [5.74, 6) is 6.14. The number of nitrogens with two attached hydrogens (primary N) is 1. The fourth-order valence-electron chi connectivity index (χ4n) is 12.5. The lowest BCUT2D eigenvalue weighted by molar-refractivity contribution is -0.174. The Morgan fingerprint density at radius 3 is 2.44 bits per heavy atom. The molecule has 0 aromatic carbocycles. The fraction of sp³-hybridized carbons (Fsp3) is 0.861. The molecule has 0 bridgehead atoms. The Bertz CT molecular complexity index is 1250. The summed E-state index contributed by atoms with van der Waals surface area (Å²) in [6.45, 7) is 14.3. The number of primary amides is 1. The normalized spacial score (nSPS) is 42.0. The molecule has 4 saturated carbocycles. The zero-order valence-electron chi connectivity index (χ0n) is 28.1. The van der Waals surface area contributed by atoms with E-state index in [0.717, 1.165) is 73.8 Å². The molecule has 1 amide bonds. The van der Waals surface area contributed by atoms with Crippen LogP contribution in [0.3, 0.4) is 0 Å². The molecular formula is C36H58N6O2S. The van der Waals surface area contributed by atoms with Crippen LogP contribution in [0.25, 0.3) is 0 Å². The number of hydrogen-bond donors (Lipinski definition) is 2. The average molecular weight is 639 g/mol. The largest absolute Gasteiger partial charge is 0.366 e. The van der Waals surface area contributed by atoms with E-state index in [4.69, 9.17) is 5.73 Å². The predicted octanol–water partition coefficient (Wildman–Crippen LogP) is 4.86. The predicted molar refractivity (Wildman–Crippen MR) is 181 cm³/mol. The van der Waals surface area contributed by atoms with E-state index in [1.54, 1.807) is 12.4 Å². The summed E-state index contributed by atoms with van der Waals surface area (Å²) >= 11 is 0. The number of nitrogens with one attached hydrogen (secondary N) is 1. The number of aromatic nitrogens is 2. The first-order valence-electron chi connectivity index (χ1n) is 18.3. The van der Waals surface area contributed by atoms with Crippen molar-refractivity contribution in [1.82, 2.24) is 20.2 Å². The molecular weight excluding hydrogens is 581 g/mol. The van der Waals surface area contributed by atoms with Gasteiger partial charge in [-0.1, -0.05) is 20.3 Å². The number of carbonyl (C=O) groups excluding carboxylic acids is 1. The molecule has 0 spiro atoms. The first kappa shape index (κ1) is 32.0. The molecule has 250 valence electrons. The first-order chi connectivity index (χ1) is 21.6. The van der Waals surface area contributed by atoms with Gasteiger partial charge in [0, 0.05) is 66.9 Å². The van der Waals surface area contributed by atoms with Crippen molar-refractivity contribution in [3.63, 3.8) is 0 Å². The molecule has 8 nitrogen and oxygen atoms in total. The van der Waals surface area contributed by atoms with Crippen LogP contribution in [0.5, 0.6) is 0 Å². The van der Waals surface area contributed by atoms with Crippen LogP contribution in [-0.2, 0) is 10.8 Å². The SMILES string of the molecule is CC1C2CCC3(C)C4CCC5(CNCCCN6CCS(=O)CC6)CCC[C@@H]5C4CC[C@@H]3C2(C)CCN1c1ncc(C(N)=O)cn1. The van der Waals surface area contributed by atoms with Gasteiger partial charge in [-0.15, -0.1) is 0 Å². The van der Waals surface area contributed by atoms with Crippen molar-refractivity contribution in [2.75, 3.05) is 55.7 Å². The quantitative estimate of drug-likeness (QED) is 0.392. The highest BCUT2D eigenvalue weighted by atomic mass is 32.2. The highest BCUT2D eigenvalue weighted by Gasteiger charge is 2.64. The number of anilines is 1. The van der Waals surface area contributed by atoms with Crippen LogP contribution < -0.4 is 16.0 Å². The summed E-state index contributed by atoms with van der Waals surface area (Å²) in [7, 11) is -0.579. The molecule has 9 heteroatoms. The van der Waals surface area contributed by atoms with E-state index in [1.807, 2.05) is 0 Å². The molecule has 45 heavy (non-hydrogen) atoms. The van der Waals surface area contributed by atoms with Gasteiger partial charge in [0.1, 0.15) is 0 Å². The topological polar surface area (TPSA) is 104 Å². The van der Waals surface area contributed by atoms with Gasteiger partial charge in [0.25, 0.3) is 5.91 Å². The van der Waals surface area contributed by atoms with Gasteiger partial charge in [0.2, 0.25) is 5.95 Å². The van der Waals surface area contributed by atoms with E-state index in [-0.39, 0.29) is 0 Å². The van der Waals surface area contributed by atoms with Gasteiger partial charge in [-0.3, -0.25) is 9.00 Å². The van der Waals surface area contributed by atoms with Gasteiger partial charge in [0.15, 0.2) is 0 Å². The van der Waals surface area contributed by atoms with E-state index >= 15 is 0 Å². The molecule has 7 rings (SSSR count). The third kappa shape index (κ3) is 5.58. The van der Waals surface area contributed by atoms with E-state index in [0.29, 0.717) is 33.8 Å². The van der Waals surface area contributed by atoms with Crippen molar-refractivity contribution in [3.05, 3.63) is 18.0 Å². The van der Waals surface area contributed by atoms with Crippen LogP contribution in [0, 0.1) is 45.8 Å². The highest BCUT2D eigenvalue weighted by Crippen LogP contribution is 2.71. The molecule has 1 aromatic rings. The number of hydrogen-bond acceptors (Lipinski definition) is 7. The Morgan fingerprint density at radius 2 is 1.69 bits per heavy atom. The minimum atomic E-state index is -0.579. The Hall–Kier alpha value is -1.58. The van der Waals surface area contributed by atoms with Crippen molar-refractivity contribution >= 4 is 22.7 Å². The molecule has 4 aliphatic carbocycles. The maximum absolute atomic E-state index is 11.7.